The molecule has 0 aliphatic heterocycles. The summed E-state index contributed by atoms with van der Waals surface area (Å²) < 4.78 is 10.5. The fraction of sp³-hybridized carbons (Fsp3) is 0.926. The number of aliphatic hydroxyl groups excluding tert-OH is 1. The van der Waals surface area contributed by atoms with E-state index in [1.165, 1.54) is 19.3 Å². The highest BCUT2D eigenvalue weighted by molar-refractivity contribution is 5.69. The number of aliphatic hydroxyl groups is 1. The fourth-order valence-electron chi connectivity index (χ4n) is 3.79. The Labute approximate surface area is 203 Å². The van der Waals surface area contributed by atoms with Gasteiger partial charge in [0, 0.05) is 19.4 Å². The summed E-state index contributed by atoms with van der Waals surface area (Å²) in [5, 5.41) is 9.07. The number of hydrogen-bond donors (Lipinski definition) is 1. The summed E-state index contributed by atoms with van der Waals surface area (Å²) in [5.74, 6) is 1.32. The minimum Gasteiger partial charge on any atom is -0.465 e. The van der Waals surface area contributed by atoms with Gasteiger partial charge < -0.3 is 19.5 Å². The molecule has 1 N–H and O–H groups in total. The van der Waals surface area contributed by atoms with Gasteiger partial charge in [0.2, 0.25) is 0 Å². The van der Waals surface area contributed by atoms with E-state index in [1.54, 1.807) is 0 Å². The highest BCUT2D eigenvalue weighted by Crippen LogP contribution is 2.23. The van der Waals surface area contributed by atoms with Crippen molar-refractivity contribution in [1.82, 2.24) is 4.90 Å². The highest BCUT2D eigenvalue weighted by Gasteiger charge is 2.11. The van der Waals surface area contributed by atoms with Gasteiger partial charge in [-0.2, -0.15) is 0 Å². The first-order valence-corrected chi connectivity index (χ1v) is 13.3. The molecule has 0 saturated heterocycles. The van der Waals surface area contributed by atoms with Crippen LogP contribution in [0.2, 0.25) is 0 Å². The van der Waals surface area contributed by atoms with Crippen LogP contribution in [0.4, 0.5) is 0 Å². The number of hydrogen-bond acceptors (Lipinski definition) is 6. The summed E-state index contributed by atoms with van der Waals surface area (Å²) in [5.41, 5.74) is 0. The second kappa shape index (κ2) is 21.4. The van der Waals surface area contributed by atoms with Crippen LogP contribution >= 0.6 is 0 Å². The number of unbranched alkanes of at least 4 members (excludes halogenated alkanes) is 4. The molecule has 0 saturated carbocycles. The normalized spacial score (nSPS) is 11.7. The molecular formula is C27H53NO5. The van der Waals surface area contributed by atoms with Crippen LogP contribution in [0.1, 0.15) is 105 Å². The molecule has 6 nitrogen and oxygen atoms in total. The van der Waals surface area contributed by atoms with Crippen LogP contribution in [-0.4, -0.2) is 61.9 Å². The molecule has 0 aromatic rings. The standard InChI is InChI=1S/C27H53NO5/c1-23(2)21-32-26(30)16-10-6-8-13-25(15-12-18-28(5)19-20-29)14-9-7-11-17-27(31)33-22-24(3)4/h23-25,29H,6-22H2,1-5H3. The number of nitrogens with zero attached hydrogens (tertiary/aromatic N) is 1. The molecule has 0 aromatic carbocycles. The molecule has 6 heteroatoms. The molecule has 0 amide bonds. The van der Waals surface area contributed by atoms with Gasteiger partial charge in [0.05, 0.1) is 19.8 Å². The SMILES string of the molecule is CC(C)COC(=O)CCCCCC(CCCCCC(=O)OCC(C)C)CCCN(C)CCO. The van der Waals surface area contributed by atoms with Crippen molar-refractivity contribution < 1.29 is 24.2 Å². The van der Waals surface area contributed by atoms with Gasteiger partial charge in [0.1, 0.15) is 0 Å². The molecule has 0 aromatic heterocycles. The van der Waals surface area contributed by atoms with Gasteiger partial charge in [0.15, 0.2) is 0 Å². The second-order valence-electron chi connectivity index (χ2n) is 10.4. The Morgan fingerprint density at radius 1 is 0.697 bits per heavy atom. The van der Waals surface area contributed by atoms with Crippen molar-refractivity contribution in [3.8, 4) is 0 Å². The van der Waals surface area contributed by atoms with Gasteiger partial charge in [-0.25, -0.2) is 0 Å². The summed E-state index contributed by atoms with van der Waals surface area (Å²) in [6.07, 6.45) is 12.0. The zero-order valence-electron chi connectivity index (χ0n) is 22.3. The third kappa shape index (κ3) is 22.4. The molecule has 196 valence electrons. The van der Waals surface area contributed by atoms with E-state index >= 15 is 0 Å². The van der Waals surface area contributed by atoms with Crippen molar-refractivity contribution in [2.24, 2.45) is 17.8 Å². The number of rotatable bonds is 22. The number of esters is 2. The summed E-state index contributed by atoms with van der Waals surface area (Å²) in [6.45, 7) is 11.2. The minimum absolute atomic E-state index is 0.0703. The first-order chi connectivity index (χ1) is 15.7. The van der Waals surface area contributed by atoms with Gasteiger partial charge in [-0.05, 0) is 57.0 Å². The van der Waals surface area contributed by atoms with Crippen molar-refractivity contribution in [3.05, 3.63) is 0 Å². The van der Waals surface area contributed by atoms with Gasteiger partial charge in [-0.3, -0.25) is 9.59 Å². The molecule has 0 heterocycles. The molecule has 0 rings (SSSR count). The number of ether oxygens (including phenoxy) is 2. The van der Waals surface area contributed by atoms with Gasteiger partial charge in [-0.1, -0.05) is 66.2 Å². The zero-order chi connectivity index (χ0) is 24.9. The van der Waals surface area contributed by atoms with Crippen LogP contribution in [-0.2, 0) is 19.1 Å². The summed E-state index contributed by atoms with van der Waals surface area (Å²) >= 11 is 0. The molecule has 0 spiro atoms. The lowest BCUT2D eigenvalue weighted by Crippen LogP contribution is -2.23. The smallest absolute Gasteiger partial charge is 0.305 e. The van der Waals surface area contributed by atoms with Crippen molar-refractivity contribution in [2.45, 2.75) is 105 Å². The zero-order valence-corrected chi connectivity index (χ0v) is 22.3. The average molecular weight is 472 g/mol. The maximum atomic E-state index is 11.8. The van der Waals surface area contributed by atoms with Gasteiger partial charge in [-0.15, -0.1) is 0 Å². The van der Waals surface area contributed by atoms with E-state index in [0.717, 1.165) is 58.0 Å². The van der Waals surface area contributed by atoms with E-state index in [0.29, 0.717) is 43.8 Å². The molecule has 0 unspecified atom stereocenters. The van der Waals surface area contributed by atoms with E-state index in [2.05, 4.69) is 11.9 Å². The van der Waals surface area contributed by atoms with Crippen LogP contribution in [0, 0.1) is 17.8 Å². The van der Waals surface area contributed by atoms with Crippen LogP contribution in [0.25, 0.3) is 0 Å². The first-order valence-electron chi connectivity index (χ1n) is 13.3. The van der Waals surface area contributed by atoms with Crippen LogP contribution in [0.3, 0.4) is 0 Å². The predicted molar refractivity (Wildman–Crippen MR) is 135 cm³/mol. The molecule has 0 aliphatic carbocycles. The van der Waals surface area contributed by atoms with E-state index in [9.17, 15) is 9.59 Å². The third-order valence-corrected chi connectivity index (χ3v) is 5.78. The van der Waals surface area contributed by atoms with E-state index in [4.69, 9.17) is 14.6 Å². The van der Waals surface area contributed by atoms with Crippen LogP contribution < -0.4 is 0 Å². The Morgan fingerprint density at radius 2 is 1.15 bits per heavy atom. The van der Waals surface area contributed by atoms with Crippen molar-refractivity contribution in [1.29, 1.82) is 0 Å². The highest BCUT2D eigenvalue weighted by atomic mass is 16.5. The fourth-order valence-corrected chi connectivity index (χ4v) is 3.79. The summed E-state index contributed by atoms with van der Waals surface area (Å²) in [7, 11) is 2.06. The lowest BCUT2D eigenvalue weighted by atomic mass is 9.90. The number of carbonyl (C=O) groups is 2. The van der Waals surface area contributed by atoms with Gasteiger partial charge in [0.25, 0.3) is 0 Å². The lowest BCUT2D eigenvalue weighted by Gasteiger charge is -2.20. The Kier molecular flexibility index (Phi) is 20.7. The predicted octanol–water partition coefficient (Wildman–Crippen LogP) is 5.61. The number of likely N-dealkylation sites (N-methyl/N-ethyl adjacent to an activating group) is 1. The maximum Gasteiger partial charge on any atom is 0.305 e. The lowest BCUT2D eigenvalue weighted by molar-refractivity contribution is -0.145. The Bertz CT molecular complexity index is 447. The monoisotopic (exact) mass is 471 g/mol. The molecule has 0 aliphatic rings. The molecule has 0 radical (unpaired) electrons. The summed E-state index contributed by atoms with van der Waals surface area (Å²) in [4.78, 5) is 25.7. The summed E-state index contributed by atoms with van der Waals surface area (Å²) in [6, 6.07) is 0. The van der Waals surface area contributed by atoms with Crippen LogP contribution in [0.15, 0.2) is 0 Å². The Balaban J connectivity index is 4.14. The molecular weight excluding hydrogens is 418 g/mol. The Morgan fingerprint density at radius 3 is 1.58 bits per heavy atom. The van der Waals surface area contributed by atoms with E-state index < -0.39 is 0 Å². The molecule has 33 heavy (non-hydrogen) atoms. The van der Waals surface area contributed by atoms with Gasteiger partial charge >= 0.3 is 11.9 Å². The molecule has 0 fully saturated rings. The Hall–Kier alpha value is -1.14. The maximum absolute atomic E-state index is 11.8. The second-order valence-corrected chi connectivity index (χ2v) is 10.4. The van der Waals surface area contributed by atoms with Crippen molar-refractivity contribution >= 4 is 11.9 Å². The topological polar surface area (TPSA) is 76.1 Å². The third-order valence-electron chi connectivity index (χ3n) is 5.78. The molecule has 0 bridgehead atoms. The van der Waals surface area contributed by atoms with Crippen molar-refractivity contribution in [3.63, 3.8) is 0 Å². The first kappa shape index (κ1) is 31.9. The largest absolute Gasteiger partial charge is 0.465 e. The number of carbonyl (C=O) groups excluding carboxylic acids is 2. The molecule has 0 atom stereocenters. The van der Waals surface area contributed by atoms with E-state index in [1.807, 2.05) is 27.7 Å². The quantitative estimate of drug-likeness (QED) is 0.163. The minimum atomic E-state index is -0.0703. The van der Waals surface area contributed by atoms with Crippen molar-refractivity contribution in [2.75, 3.05) is 40.0 Å². The van der Waals surface area contributed by atoms with E-state index in [-0.39, 0.29) is 18.5 Å². The average Bonchev–Trinajstić information content (AvgIpc) is 2.75. The van der Waals surface area contributed by atoms with Crippen LogP contribution in [0.5, 0.6) is 0 Å².